The van der Waals surface area contributed by atoms with Crippen LogP contribution in [0.1, 0.15) is 12.5 Å². The van der Waals surface area contributed by atoms with E-state index in [0.717, 1.165) is 31.2 Å². The van der Waals surface area contributed by atoms with E-state index in [1.165, 1.54) is 0 Å². The minimum atomic E-state index is 0. The summed E-state index contributed by atoms with van der Waals surface area (Å²) in [4.78, 5) is 21.1. The second kappa shape index (κ2) is 11.4. The molecule has 1 amide bonds. The number of amides is 1. The van der Waals surface area contributed by atoms with Crippen LogP contribution < -0.4 is 5.32 Å². The van der Waals surface area contributed by atoms with E-state index in [9.17, 15) is 4.79 Å². The van der Waals surface area contributed by atoms with Crippen LogP contribution in [0.5, 0.6) is 0 Å². The Morgan fingerprint density at radius 2 is 2.00 bits per heavy atom. The van der Waals surface area contributed by atoms with Gasteiger partial charge >= 0.3 is 0 Å². The maximum atomic E-state index is 12.5. The summed E-state index contributed by atoms with van der Waals surface area (Å²) in [5.74, 6) is 1.03. The molecule has 0 radical (unpaired) electrons. The third kappa shape index (κ3) is 6.86. The lowest BCUT2D eigenvalue weighted by molar-refractivity contribution is -0.131. The van der Waals surface area contributed by atoms with E-state index in [4.69, 9.17) is 11.6 Å². The Balaban J connectivity index is 0.00000312. The fourth-order valence-corrected chi connectivity index (χ4v) is 2.89. The van der Waals surface area contributed by atoms with E-state index in [1.807, 2.05) is 36.1 Å². The van der Waals surface area contributed by atoms with Crippen LogP contribution in [0, 0.1) is 0 Å². The molecule has 0 aromatic heterocycles. The van der Waals surface area contributed by atoms with Gasteiger partial charge in [-0.3, -0.25) is 4.79 Å². The summed E-state index contributed by atoms with van der Waals surface area (Å²) in [5, 5.41) is 3.95. The van der Waals surface area contributed by atoms with Crippen molar-refractivity contribution < 1.29 is 4.79 Å². The van der Waals surface area contributed by atoms with Crippen molar-refractivity contribution >= 4 is 47.4 Å². The number of carbonyl (C=O) groups is 1. The Morgan fingerprint density at radius 1 is 1.32 bits per heavy atom. The Morgan fingerprint density at radius 3 is 2.60 bits per heavy atom. The molecule has 0 bridgehead atoms. The van der Waals surface area contributed by atoms with Crippen LogP contribution in [0.25, 0.3) is 0 Å². The number of piperazine rings is 1. The third-order valence-corrected chi connectivity index (χ3v) is 4.12. The van der Waals surface area contributed by atoms with Crippen LogP contribution in [0.4, 0.5) is 0 Å². The minimum Gasteiger partial charge on any atom is -0.357 e. The summed E-state index contributed by atoms with van der Waals surface area (Å²) in [7, 11) is 0. The highest BCUT2D eigenvalue weighted by atomic mass is 127. The van der Waals surface area contributed by atoms with Gasteiger partial charge in [-0.25, -0.2) is 4.99 Å². The molecule has 0 unspecified atom stereocenters. The highest BCUT2D eigenvalue weighted by Crippen LogP contribution is 2.13. The molecule has 1 aromatic carbocycles. The van der Waals surface area contributed by atoms with Crippen LogP contribution in [0.2, 0.25) is 5.02 Å². The number of halogens is 2. The highest BCUT2D eigenvalue weighted by molar-refractivity contribution is 14.0. The Hall–Kier alpha value is -1.28. The summed E-state index contributed by atoms with van der Waals surface area (Å²) in [6.07, 6.45) is 2.17. The summed E-state index contributed by atoms with van der Waals surface area (Å²) in [6, 6.07) is 7.48. The van der Waals surface area contributed by atoms with E-state index in [1.54, 1.807) is 6.08 Å². The number of nitrogens with one attached hydrogen (secondary N) is 1. The van der Waals surface area contributed by atoms with Crippen molar-refractivity contribution in [1.82, 2.24) is 15.1 Å². The van der Waals surface area contributed by atoms with E-state index in [2.05, 4.69) is 21.8 Å². The number of nitrogens with zero attached hydrogens (tertiary/aromatic N) is 3. The lowest BCUT2D eigenvalue weighted by Gasteiger charge is -2.36. The second-order valence-corrected chi connectivity index (χ2v) is 6.09. The number of carbonyl (C=O) groups excluding carboxylic acids is 1. The Kier molecular flexibility index (Phi) is 9.89. The van der Waals surface area contributed by atoms with Gasteiger partial charge in [0.15, 0.2) is 5.96 Å². The van der Waals surface area contributed by atoms with Crippen molar-refractivity contribution in [3.05, 3.63) is 47.5 Å². The van der Waals surface area contributed by atoms with Gasteiger partial charge in [0.1, 0.15) is 0 Å². The maximum absolute atomic E-state index is 12.5. The highest BCUT2D eigenvalue weighted by Gasteiger charge is 2.22. The molecule has 0 spiro atoms. The van der Waals surface area contributed by atoms with Crippen molar-refractivity contribution in [2.75, 3.05) is 39.3 Å². The van der Waals surface area contributed by atoms with Crippen molar-refractivity contribution in [1.29, 1.82) is 0 Å². The summed E-state index contributed by atoms with van der Waals surface area (Å²) in [5.41, 5.74) is 0.954. The molecule has 0 saturated carbocycles. The molecule has 1 aromatic rings. The fraction of sp³-hybridized carbons (Fsp3) is 0.444. The molecular weight excluding hydrogens is 451 g/mol. The van der Waals surface area contributed by atoms with Gasteiger partial charge < -0.3 is 15.1 Å². The molecule has 0 atom stereocenters. The first-order chi connectivity index (χ1) is 11.6. The van der Waals surface area contributed by atoms with Crippen LogP contribution in [-0.4, -0.2) is 60.9 Å². The zero-order valence-electron chi connectivity index (χ0n) is 14.6. The quantitative estimate of drug-likeness (QED) is 0.308. The van der Waals surface area contributed by atoms with Crippen LogP contribution in [0.15, 0.2) is 41.9 Å². The lowest BCUT2D eigenvalue weighted by atomic mass is 10.1. The third-order valence-electron chi connectivity index (χ3n) is 3.88. The normalized spacial score (nSPS) is 14.7. The number of rotatable bonds is 5. The molecule has 1 aliphatic rings. The minimum absolute atomic E-state index is 0. The second-order valence-electron chi connectivity index (χ2n) is 5.66. The SMILES string of the molecule is C=CCN=C(NCC)N1CCN(C(=O)Cc2cccc(Cl)c2)CC1.I. The van der Waals surface area contributed by atoms with E-state index >= 15 is 0 Å². The van der Waals surface area contributed by atoms with Crippen molar-refractivity contribution in [3.8, 4) is 0 Å². The molecule has 138 valence electrons. The average molecular weight is 477 g/mol. The van der Waals surface area contributed by atoms with Crippen molar-refractivity contribution in [3.63, 3.8) is 0 Å². The maximum Gasteiger partial charge on any atom is 0.227 e. The van der Waals surface area contributed by atoms with Gasteiger partial charge in [0.05, 0.1) is 13.0 Å². The monoisotopic (exact) mass is 476 g/mol. The standard InChI is InChI=1S/C18H25ClN4O.HI/c1-3-8-21-18(20-4-2)23-11-9-22(10-12-23)17(24)14-15-6-5-7-16(19)13-15;/h3,5-7,13H,1,4,8-12,14H2,2H3,(H,20,21);1H. The summed E-state index contributed by atoms with van der Waals surface area (Å²) >= 11 is 5.98. The number of benzene rings is 1. The molecule has 1 fully saturated rings. The predicted molar refractivity (Wildman–Crippen MR) is 115 cm³/mol. The molecule has 25 heavy (non-hydrogen) atoms. The molecule has 7 heteroatoms. The van der Waals surface area contributed by atoms with Crippen molar-refractivity contribution in [2.45, 2.75) is 13.3 Å². The van der Waals surface area contributed by atoms with Gasteiger partial charge in [0.25, 0.3) is 0 Å². The molecule has 0 aliphatic carbocycles. The van der Waals surface area contributed by atoms with Gasteiger partial charge in [0, 0.05) is 37.7 Å². The molecule has 1 heterocycles. The first kappa shape index (κ1) is 21.8. The fourth-order valence-electron chi connectivity index (χ4n) is 2.68. The van der Waals surface area contributed by atoms with E-state index < -0.39 is 0 Å². The van der Waals surface area contributed by atoms with Gasteiger partial charge in [0.2, 0.25) is 5.91 Å². The first-order valence-electron chi connectivity index (χ1n) is 8.30. The smallest absolute Gasteiger partial charge is 0.227 e. The van der Waals surface area contributed by atoms with Crippen LogP contribution in [0.3, 0.4) is 0 Å². The zero-order chi connectivity index (χ0) is 17.4. The molecule has 1 aliphatic heterocycles. The Bertz CT molecular complexity index is 600. The average Bonchev–Trinajstić information content (AvgIpc) is 2.59. The molecule has 1 saturated heterocycles. The lowest BCUT2D eigenvalue weighted by Crippen LogP contribution is -2.54. The van der Waals surface area contributed by atoms with Gasteiger partial charge in [-0.1, -0.05) is 29.8 Å². The molecular formula is C18H26ClIN4O. The molecule has 1 N–H and O–H groups in total. The van der Waals surface area contributed by atoms with Crippen LogP contribution in [-0.2, 0) is 11.2 Å². The number of guanidine groups is 1. The predicted octanol–water partition coefficient (Wildman–Crippen LogP) is 2.80. The number of hydrogen-bond donors (Lipinski definition) is 1. The van der Waals surface area contributed by atoms with Gasteiger partial charge in [-0.05, 0) is 24.6 Å². The van der Waals surface area contributed by atoms with Gasteiger partial charge in [-0.15, -0.1) is 30.6 Å². The van der Waals surface area contributed by atoms with Crippen LogP contribution >= 0.6 is 35.6 Å². The Labute approximate surface area is 172 Å². The number of hydrogen-bond acceptors (Lipinski definition) is 2. The summed E-state index contributed by atoms with van der Waals surface area (Å²) in [6.45, 7) is 10.1. The zero-order valence-corrected chi connectivity index (χ0v) is 17.7. The topological polar surface area (TPSA) is 47.9 Å². The first-order valence-corrected chi connectivity index (χ1v) is 8.68. The van der Waals surface area contributed by atoms with E-state index in [-0.39, 0.29) is 29.9 Å². The van der Waals surface area contributed by atoms with Crippen molar-refractivity contribution in [2.24, 2.45) is 4.99 Å². The van der Waals surface area contributed by atoms with E-state index in [0.29, 0.717) is 31.1 Å². The molecule has 5 nitrogen and oxygen atoms in total. The summed E-state index contributed by atoms with van der Waals surface area (Å²) < 4.78 is 0. The largest absolute Gasteiger partial charge is 0.357 e. The van der Waals surface area contributed by atoms with Gasteiger partial charge in [-0.2, -0.15) is 0 Å². The number of aliphatic imine (C=N–C) groups is 1. The molecule has 2 rings (SSSR count).